The smallest absolute Gasteiger partial charge is 0.233 e. The average molecular weight is 307 g/mol. The van der Waals surface area contributed by atoms with Gasteiger partial charge in [0.15, 0.2) is 0 Å². The highest BCUT2D eigenvalue weighted by molar-refractivity contribution is 6.05. The fourth-order valence-corrected chi connectivity index (χ4v) is 3.38. The van der Waals surface area contributed by atoms with E-state index >= 15 is 0 Å². The Morgan fingerprint density at radius 2 is 1.65 bits per heavy atom. The van der Waals surface area contributed by atoms with Crippen LogP contribution in [0.25, 0.3) is 5.69 Å². The normalized spacial score (nSPS) is 23.4. The Balaban J connectivity index is 1.52. The summed E-state index contributed by atoms with van der Waals surface area (Å²) in [6, 6.07) is 9.64. The molecule has 1 aliphatic carbocycles. The lowest BCUT2D eigenvalue weighted by Gasteiger charge is -2.15. The Hall–Kier alpha value is -2.69. The van der Waals surface area contributed by atoms with Crippen LogP contribution in [0.1, 0.15) is 18.4 Å². The van der Waals surface area contributed by atoms with Gasteiger partial charge in [0.2, 0.25) is 11.8 Å². The third-order valence-corrected chi connectivity index (χ3v) is 4.64. The monoisotopic (exact) mass is 307 g/mol. The fraction of sp³-hybridized carbons (Fsp3) is 0.278. The number of imide groups is 1. The van der Waals surface area contributed by atoms with E-state index in [0.717, 1.165) is 11.3 Å². The van der Waals surface area contributed by atoms with Gasteiger partial charge >= 0.3 is 0 Å². The van der Waals surface area contributed by atoms with Gasteiger partial charge in [0.1, 0.15) is 0 Å². The summed E-state index contributed by atoms with van der Waals surface area (Å²) in [5.41, 5.74) is 1.91. The largest absolute Gasteiger partial charge is 0.278 e. The quantitative estimate of drug-likeness (QED) is 0.646. The molecule has 2 aromatic rings. The molecule has 5 nitrogen and oxygen atoms in total. The molecule has 0 saturated carbocycles. The number of aromatic nitrogens is 2. The minimum atomic E-state index is -0.157. The molecule has 23 heavy (non-hydrogen) atoms. The molecular formula is C18H17N3O2. The van der Waals surface area contributed by atoms with E-state index in [1.165, 1.54) is 4.90 Å². The van der Waals surface area contributed by atoms with E-state index in [4.69, 9.17) is 0 Å². The molecule has 0 radical (unpaired) electrons. The number of nitrogens with zero attached hydrogens (tertiary/aromatic N) is 3. The predicted molar refractivity (Wildman–Crippen MR) is 84.5 cm³/mol. The highest BCUT2D eigenvalue weighted by Crippen LogP contribution is 2.35. The third-order valence-electron chi connectivity index (χ3n) is 4.64. The SMILES string of the molecule is O=C1[C@H]2CC=CC[C@H]2C(=O)N1Cc1ccc(-n2cccn2)cc1. The van der Waals surface area contributed by atoms with Gasteiger partial charge in [-0.1, -0.05) is 24.3 Å². The third kappa shape index (κ3) is 2.38. The maximum absolute atomic E-state index is 12.5. The molecule has 0 spiro atoms. The van der Waals surface area contributed by atoms with Crippen LogP contribution in [0.3, 0.4) is 0 Å². The molecule has 1 aliphatic heterocycles. The number of benzene rings is 1. The van der Waals surface area contributed by atoms with E-state index in [-0.39, 0.29) is 23.7 Å². The van der Waals surface area contributed by atoms with Crippen LogP contribution in [0.15, 0.2) is 54.9 Å². The first-order valence-corrected chi connectivity index (χ1v) is 7.83. The predicted octanol–water partition coefficient (Wildman–Crippen LogP) is 2.32. The van der Waals surface area contributed by atoms with Gasteiger partial charge in [-0.05, 0) is 36.6 Å². The van der Waals surface area contributed by atoms with E-state index < -0.39 is 0 Å². The lowest BCUT2D eigenvalue weighted by molar-refractivity contribution is -0.140. The number of rotatable bonds is 3. The number of amides is 2. The maximum Gasteiger partial charge on any atom is 0.233 e. The van der Waals surface area contributed by atoms with Gasteiger partial charge < -0.3 is 0 Å². The maximum atomic E-state index is 12.5. The number of carbonyl (C=O) groups is 2. The van der Waals surface area contributed by atoms with Crippen molar-refractivity contribution < 1.29 is 9.59 Å². The molecule has 5 heteroatoms. The average Bonchev–Trinajstić information content (AvgIpc) is 3.20. The first kappa shape index (κ1) is 13.9. The standard InChI is InChI=1S/C18H17N3O2/c22-17-15-4-1-2-5-16(15)18(23)20(17)12-13-6-8-14(9-7-13)21-11-3-10-19-21/h1-3,6-11,15-16H,4-5,12H2/t15-,16+. The van der Waals surface area contributed by atoms with Gasteiger partial charge in [0.25, 0.3) is 0 Å². The first-order chi connectivity index (χ1) is 11.2. The Bertz CT molecular complexity index is 736. The van der Waals surface area contributed by atoms with E-state index in [1.807, 2.05) is 48.7 Å². The van der Waals surface area contributed by atoms with Crippen molar-refractivity contribution in [1.29, 1.82) is 0 Å². The molecule has 0 bridgehead atoms. The molecule has 2 aliphatic rings. The highest BCUT2D eigenvalue weighted by atomic mass is 16.2. The highest BCUT2D eigenvalue weighted by Gasteiger charge is 2.46. The molecule has 1 saturated heterocycles. The van der Waals surface area contributed by atoms with Crippen molar-refractivity contribution in [3.63, 3.8) is 0 Å². The van der Waals surface area contributed by atoms with Crippen LogP contribution in [0.2, 0.25) is 0 Å². The second kappa shape index (κ2) is 5.50. The van der Waals surface area contributed by atoms with Crippen molar-refractivity contribution >= 4 is 11.8 Å². The summed E-state index contributed by atoms with van der Waals surface area (Å²) in [4.78, 5) is 26.4. The van der Waals surface area contributed by atoms with Crippen molar-refractivity contribution in [3.8, 4) is 5.69 Å². The number of hydrogen-bond acceptors (Lipinski definition) is 3. The summed E-state index contributed by atoms with van der Waals surface area (Å²) >= 11 is 0. The van der Waals surface area contributed by atoms with E-state index in [2.05, 4.69) is 5.10 Å². The topological polar surface area (TPSA) is 55.2 Å². The lowest BCUT2D eigenvalue weighted by atomic mass is 9.85. The first-order valence-electron chi connectivity index (χ1n) is 7.83. The van der Waals surface area contributed by atoms with Crippen molar-refractivity contribution in [2.24, 2.45) is 11.8 Å². The summed E-state index contributed by atoms with van der Waals surface area (Å²) in [5, 5.41) is 4.18. The molecule has 1 fully saturated rings. The van der Waals surface area contributed by atoms with Gasteiger partial charge in [-0.3, -0.25) is 14.5 Å². The summed E-state index contributed by atoms with van der Waals surface area (Å²) in [6.45, 7) is 0.351. The van der Waals surface area contributed by atoms with Crippen LogP contribution in [0.5, 0.6) is 0 Å². The Kier molecular flexibility index (Phi) is 3.33. The van der Waals surface area contributed by atoms with Gasteiger partial charge in [-0.15, -0.1) is 0 Å². The lowest BCUT2D eigenvalue weighted by Crippen LogP contribution is -2.30. The minimum absolute atomic E-state index is 0.0273. The van der Waals surface area contributed by atoms with Crippen molar-refractivity contribution in [3.05, 3.63) is 60.4 Å². The Labute approximate surface area is 134 Å². The zero-order valence-electron chi connectivity index (χ0n) is 12.6. The summed E-state index contributed by atoms with van der Waals surface area (Å²) < 4.78 is 1.77. The molecule has 4 rings (SSSR count). The van der Waals surface area contributed by atoms with Crippen LogP contribution in [0.4, 0.5) is 0 Å². The summed E-state index contributed by atoms with van der Waals surface area (Å²) in [7, 11) is 0. The van der Waals surface area contributed by atoms with Crippen LogP contribution >= 0.6 is 0 Å². The second-order valence-electron chi connectivity index (χ2n) is 6.04. The van der Waals surface area contributed by atoms with Crippen LogP contribution in [0, 0.1) is 11.8 Å². The molecule has 116 valence electrons. The van der Waals surface area contributed by atoms with Gasteiger partial charge in [-0.2, -0.15) is 5.10 Å². The molecule has 1 aromatic carbocycles. The molecule has 2 heterocycles. The number of carbonyl (C=O) groups excluding carboxylic acids is 2. The van der Waals surface area contributed by atoms with E-state index in [1.54, 1.807) is 10.9 Å². The van der Waals surface area contributed by atoms with E-state index in [9.17, 15) is 9.59 Å². The molecular weight excluding hydrogens is 290 g/mol. The number of hydrogen-bond donors (Lipinski definition) is 0. The van der Waals surface area contributed by atoms with Crippen LogP contribution < -0.4 is 0 Å². The van der Waals surface area contributed by atoms with Crippen molar-refractivity contribution in [2.75, 3.05) is 0 Å². The molecule has 0 N–H and O–H groups in total. The van der Waals surface area contributed by atoms with E-state index in [0.29, 0.717) is 19.4 Å². The van der Waals surface area contributed by atoms with Crippen LogP contribution in [-0.4, -0.2) is 26.5 Å². The van der Waals surface area contributed by atoms with Crippen LogP contribution in [-0.2, 0) is 16.1 Å². The van der Waals surface area contributed by atoms with Gasteiger partial charge in [-0.25, -0.2) is 4.68 Å². The van der Waals surface area contributed by atoms with Crippen molar-refractivity contribution in [2.45, 2.75) is 19.4 Å². The zero-order valence-corrected chi connectivity index (χ0v) is 12.6. The van der Waals surface area contributed by atoms with Gasteiger partial charge in [0.05, 0.1) is 24.1 Å². The zero-order chi connectivity index (χ0) is 15.8. The second-order valence-corrected chi connectivity index (χ2v) is 6.04. The minimum Gasteiger partial charge on any atom is -0.278 e. The molecule has 2 atom stereocenters. The number of allylic oxidation sites excluding steroid dienone is 2. The fourth-order valence-electron chi connectivity index (χ4n) is 3.38. The Morgan fingerprint density at radius 3 is 2.22 bits per heavy atom. The van der Waals surface area contributed by atoms with Gasteiger partial charge in [0, 0.05) is 12.4 Å². The Morgan fingerprint density at radius 1 is 1.00 bits per heavy atom. The number of likely N-dealkylation sites (tertiary alicyclic amines) is 1. The molecule has 0 unspecified atom stereocenters. The molecule has 1 aromatic heterocycles. The van der Waals surface area contributed by atoms with Crippen molar-refractivity contribution in [1.82, 2.24) is 14.7 Å². The summed E-state index contributed by atoms with van der Waals surface area (Å²) in [6.07, 6.45) is 8.99. The number of fused-ring (bicyclic) bond motifs is 1. The molecule has 2 amide bonds. The summed E-state index contributed by atoms with van der Waals surface area (Å²) in [5.74, 6) is -0.368.